The van der Waals surface area contributed by atoms with Gasteiger partial charge < -0.3 is 14.6 Å². The molecule has 4 heteroatoms. The highest BCUT2D eigenvalue weighted by molar-refractivity contribution is 5.83. The number of hydrogen-bond acceptors (Lipinski definition) is 2. The van der Waals surface area contributed by atoms with Gasteiger partial charge in [0, 0.05) is 49.7 Å². The Morgan fingerprint density at radius 2 is 2.05 bits per heavy atom. The predicted octanol–water partition coefficient (Wildman–Crippen LogP) is 2.00. The average molecular weight is 260 g/mol. The molecule has 1 aromatic carbocycles. The largest absolute Gasteiger partial charge is 0.392 e. The second kappa shape index (κ2) is 5.89. The van der Waals surface area contributed by atoms with Gasteiger partial charge in [0.25, 0.3) is 0 Å². The van der Waals surface area contributed by atoms with Gasteiger partial charge in [-0.25, -0.2) is 0 Å². The minimum absolute atomic E-state index is 0.0458. The molecule has 4 nitrogen and oxygen atoms in total. The first-order valence-corrected chi connectivity index (χ1v) is 6.51. The summed E-state index contributed by atoms with van der Waals surface area (Å²) in [7, 11) is 3.55. The molecule has 1 aromatic heterocycles. The zero-order valence-corrected chi connectivity index (χ0v) is 11.5. The van der Waals surface area contributed by atoms with E-state index in [-0.39, 0.29) is 12.5 Å². The lowest BCUT2D eigenvalue weighted by Crippen LogP contribution is -2.21. The van der Waals surface area contributed by atoms with Crippen molar-refractivity contribution in [2.45, 2.75) is 26.0 Å². The van der Waals surface area contributed by atoms with Crippen molar-refractivity contribution in [2.75, 3.05) is 14.1 Å². The molecular weight excluding hydrogens is 240 g/mol. The fraction of sp³-hybridized carbons (Fsp3) is 0.400. The number of aryl methyl sites for hydroxylation is 1. The number of nitrogens with zero attached hydrogens (tertiary/aromatic N) is 2. The third-order valence-electron chi connectivity index (χ3n) is 3.33. The normalized spacial score (nSPS) is 10.9. The Kier molecular flexibility index (Phi) is 4.22. The molecule has 0 aliphatic rings. The third kappa shape index (κ3) is 2.96. The van der Waals surface area contributed by atoms with Crippen molar-refractivity contribution >= 4 is 16.8 Å². The number of carbonyl (C=O) groups is 1. The summed E-state index contributed by atoms with van der Waals surface area (Å²) in [6.07, 6.45) is 3.33. The van der Waals surface area contributed by atoms with Gasteiger partial charge in [-0.15, -0.1) is 0 Å². The molecule has 1 N–H and O–H groups in total. The zero-order chi connectivity index (χ0) is 13.8. The second-order valence-corrected chi connectivity index (χ2v) is 4.91. The molecule has 0 radical (unpaired) electrons. The average Bonchev–Trinajstić information content (AvgIpc) is 2.77. The van der Waals surface area contributed by atoms with Gasteiger partial charge in [-0.3, -0.25) is 4.79 Å². The molecule has 0 aliphatic heterocycles. The van der Waals surface area contributed by atoms with Crippen LogP contribution in [-0.2, 0) is 17.9 Å². The highest BCUT2D eigenvalue weighted by Gasteiger charge is 2.08. The van der Waals surface area contributed by atoms with E-state index in [1.54, 1.807) is 19.0 Å². The van der Waals surface area contributed by atoms with Crippen molar-refractivity contribution in [3.63, 3.8) is 0 Å². The number of para-hydroxylation sites is 1. The molecule has 2 aromatic rings. The van der Waals surface area contributed by atoms with Gasteiger partial charge in [0.15, 0.2) is 0 Å². The number of rotatable bonds is 5. The van der Waals surface area contributed by atoms with Crippen molar-refractivity contribution in [3.8, 4) is 0 Å². The number of aromatic nitrogens is 1. The maximum Gasteiger partial charge on any atom is 0.222 e. The van der Waals surface area contributed by atoms with Crippen LogP contribution in [0.4, 0.5) is 0 Å². The van der Waals surface area contributed by atoms with E-state index in [0.717, 1.165) is 29.4 Å². The first-order valence-electron chi connectivity index (χ1n) is 6.51. The van der Waals surface area contributed by atoms with Crippen molar-refractivity contribution in [3.05, 3.63) is 36.0 Å². The van der Waals surface area contributed by atoms with Gasteiger partial charge in [-0.05, 0) is 12.5 Å². The van der Waals surface area contributed by atoms with Crippen molar-refractivity contribution in [2.24, 2.45) is 0 Å². The number of benzene rings is 1. The molecule has 1 amide bonds. The van der Waals surface area contributed by atoms with E-state index in [1.165, 1.54) is 0 Å². The van der Waals surface area contributed by atoms with Gasteiger partial charge >= 0.3 is 0 Å². The van der Waals surface area contributed by atoms with Crippen LogP contribution in [0.5, 0.6) is 0 Å². The molecule has 102 valence electrons. The number of hydrogen-bond donors (Lipinski definition) is 1. The summed E-state index contributed by atoms with van der Waals surface area (Å²) in [6, 6.07) is 8.02. The number of carbonyl (C=O) groups excluding carboxylic acids is 1. The van der Waals surface area contributed by atoms with E-state index in [1.807, 2.05) is 30.5 Å². The zero-order valence-electron chi connectivity index (χ0n) is 11.5. The Morgan fingerprint density at radius 3 is 2.74 bits per heavy atom. The van der Waals surface area contributed by atoms with Crippen LogP contribution in [0.15, 0.2) is 30.5 Å². The van der Waals surface area contributed by atoms with E-state index in [0.29, 0.717) is 6.42 Å². The standard InChI is InChI=1S/C15H20N2O2/c1-16(2)15(19)8-5-9-17-10-12(11-18)13-6-3-4-7-14(13)17/h3-4,6-7,10,18H,5,8-9,11H2,1-2H3. The first kappa shape index (κ1) is 13.6. The van der Waals surface area contributed by atoms with Crippen LogP contribution in [0.25, 0.3) is 10.9 Å². The van der Waals surface area contributed by atoms with Crippen molar-refractivity contribution in [1.29, 1.82) is 0 Å². The van der Waals surface area contributed by atoms with Crippen LogP contribution in [0, 0.1) is 0 Å². The van der Waals surface area contributed by atoms with Gasteiger partial charge in [-0.1, -0.05) is 18.2 Å². The van der Waals surface area contributed by atoms with Crippen LogP contribution in [-0.4, -0.2) is 34.6 Å². The maximum atomic E-state index is 11.5. The number of amides is 1. The lowest BCUT2D eigenvalue weighted by molar-refractivity contribution is -0.128. The van der Waals surface area contributed by atoms with E-state index in [4.69, 9.17) is 0 Å². The van der Waals surface area contributed by atoms with E-state index in [9.17, 15) is 9.90 Å². The monoisotopic (exact) mass is 260 g/mol. The molecule has 19 heavy (non-hydrogen) atoms. The molecule has 0 bridgehead atoms. The Morgan fingerprint density at radius 1 is 1.32 bits per heavy atom. The molecule has 0 saturated carbocycles. The van der Waals surface area contributed by atoms with Gasteiger partial charge in [0.1, 0.15) is 0 Å². The van der Waals surface area contributed by atoms with E-state index >= 15 is 0 Å². The highest BCUT2D eigenvalue weighted by Crippen LogP contribution is 2.21. The highest BCUT2D eigenvalue weighted by atomic mass is 16.3. The van der Waals surface area contributed by atoms with E-state index in [2.05, 4.69) is 4.57 Å². The fourth-order valence-electron chi connectivity index (χ4n) is 2.26. The topological polar surface area (TPSA) is 45.5 Å². The summed E-state index contributed by atoms with van der Waals surface area (Å²) in [5, 5.41) is 10.4. The molecule has 0 fully saturated rings. The minimum atomic E-state index is 0.0458. The van der Waals surface area contributed by atoms with E-state index < -0.39 is 0 Å². The van der Waals surface area contributed by atoms with Crippen LogP contribution >= 0.6 is 0 Å². The third-order valence-corrected chi connectivity index (χ3v) is 3.33. The van der Waals surface area contributed by atoms with Crippen LogP contribution in [0.1, 0.15) is 18.4 Å². The summed E-state index contributed by atoms with van der Waals surface area (Å²) in [5.41, 5.74) is 2.05. The predicted molar refractivity (Wildman–Crippen MR) is 75.8 cm³/mol. The lowest BCUT2D eigenvalue weighted by Gasteiger charge is -2.10. The summed E-state index contributed by atoms with van der Waals surface area (Å²) in [4.78, 5) is 13.2. The quantitative estimate of drug-likeness (QED) is 0.893. The number of aliphatic hydroxyl groups excluding tert-OH is 1. The van der Waals surface area contributed by atoms with Gasteiger partial charge in [0.05, 0.1) is 6.61 Å². The molecule has 0 spiro atoms. The molecule has 2 rings (SSSR count). The maximum absolute atomic E-state index is 11.5. The molecule has 0 aliphatic carbocycles. The fourth-order valence-corrected chi connectivity index (χ4v) is 2.26. The Labute approximate surface area is 113 Å². The van der Waals surface area contributed by atoms with Crippen LogP contribution in [0.2, 0.25) is 0 Å². The minimum Gasteiger partial charge on any atom is -0.392 e. The number of aliphatic hydroxyl groups is 1. The lowest BCUT2D eigenvalue weighted by atomic mass is 10.2. The summed E-state index contributed by atoms with van der Waals surface area (Å²) in [5.74, 6) is 0.152. The Bertz CT molecular complexity index is 573. The Hall–Kier alpha value is -1.81. The smallest absolute Gasteiger partial charge is 0.222 e. The molecule has 0 saturated heterocycles. The molecular formula is C15H20N2O2. The van der Waals surface area contributed by atoms with Crippen LogP contribution < -0.4 is 0 Å². The van der Waals surface area contributed by atoms with Crippen molar-refractivity contribution in [1.82, 2.24) is 9.47 Å². The Balaban J connectivity index is 2.11. The summed E-state index contributed by atoms with van der Waals surface area (Å²) in [6.45, 7) is 0.838. The number of fused-ring (bicyclic) bond motifs is 1. The van der Waals surface area contributed by atoms with Crippen molar-refractivity contribution < 1.29 is 9.90 Å². The summed E-state index contributed by atoms with van der Waals surface area (Å²) >= 11 is 0. The molecule has 0 atom stereocenters. The van der Waals surface area contributed by atoms with Gasteiger partial charge in [-0.2, -0.15) is 0 Å². The van der Waals surface area contributed by atoms with Crippen LogP contribution in [0.3, 0.4) is 0 Å². The first-order chi connectivity index (χ1) is 9.13. The van der Waals surface area contributed by atoms with Gasteiger partial charge in [0.2, 0.25) is 5.91 Å². The molecule has 1 heterocycles. The second-order valence-electron chi connectivity index (χ2n) is 4.91. The molecule has 0 unspecified atom stereocenters. The summed E-state index contributed by atoms with van der Waals surface area (Å²) < 4.78 is 2.11. The SMILES string of the molecule is CN(C)C(=O)CCCn1cc(CO)c2ccccc21.